The molecular weight excluding hydrogens is 266 g/mol. The van der Waals surface area contributed by atoms with E-state index in [0.29, 0.717) is 26.2 Å². The van der Waals surface area contributed by atoms with E-state index < -0.39 is 0 Å². The molecule has 1 N–H and O–H groups in total. The predicted molar refractivity (Wildman–Crippen MR) is 83.5 cm³/mol. The lowest BCUT2D eigenvalue weighted by Gasteiger charge is -2.34. The predicted octanol–water partition coefficient (Wildman–Crippen LogP) is 2.31. The van der Waals surface area contributed by atoms with E-state index in [1.807, 2.05) is 20.8 Å². The average molecular weight is 289 g/mol. The van der Waals surface area contributed by atoms with Crippen molar-refractivity contribution in [2.24, 2.45) is 0 Å². The van der Waals surface area contributed by atoms with Crippen LogP contribution in [0.3, 0.4) is 0 Å². The quantitative estimate of drug-likeness (QED) is 0.862. The van der Waals surface area contributed by atoms with Crippen LogP contribution in [0.2, 0.25) is 0 Å². The highest BCUT2D eigenvalue weighted by Gasteiger charge is 2.22. The summed E-state index contributed by atoms with van der Waals surface area (Å²) in [4.78, 5) is 27.2. The number of hydrogen-bond donors (Lipinski definition) is 1. The van der Waals surface area contributed by atoms with Crippen molar-refractivity contribution in [1.82, 2.24) is 9.80 Å². The van der Waals surface area contributed by atoms with Crippen molar-refractivity contribution in [1.29, 1.82) is 0 Å². The molecule has 1 saturated heterocycles. The number of urea groups is 1. The number of anilines is 1. The maximum absolute atomic E-state index is 12.3. The highest BCUT2D eigenvalue weighted by atomic mass is 16.2. The van der Waals surface area contributed by atoms with Gasteiger partial charge in [-0.3, -0.25) is 4.79 Å². The van der Waals surface area contributed by atoms with E-state index in [1.54, 1.807) is 16.7 Å². The van der Waals surface area contributed by atoms with Crippen molar-refractivity contribution >= 4 is 17.6 Å². The Balaban J connectivity index is 2.01. The molecule has 0 spiro atoms. The van der Waals surface area contributed by atoms with Gasteiger partial charge in [-0.25, -0.2) is 4.79 Å². The Kier molecular flexibility index (Phi) is 4.50. The topological polar surface area (TPSA) is 52.7 Å². The Morgan fingerprint density at radius 1 is 0.952 bits per heavy atom. The fourth-order valence-corrected chi connectivity index (χ4v) is 2.79. The minimum atomic E-state index is -0.0896. The number of nitrogens with zero attached hydrogens (tertiary/aromatic N) is 2. The van der Waals surface area contributed by atoms with Crippen LogP contribution < -0.4 is 5.32 Å². The summed E-state index contributed by atoms with van der Waals surface area (Å²) in [5.74, 6) is 0.0697. The van der Waals surface area contributed by atoms with Crippen molar-refractivity contribution in [2.45, 2.75) is 27.7 Å². The molecule has 0 aliphatic carbocycles. The second-order valence-electron chi connectivity index (χ2n) is 5.70. The van der Waals surface area contributed by atoms with E-state index in [2.05, 4.69) is 17.4 Å². The first-order valence-electron chi connectivity index (χ1n) is 7.28. The number of benzene rings is 1. The summed E-state index contributed by atoms with van der Waals surface area (Å²) in [7, 11) is 0. The molecule has 2 rings (SSSR count). The third-order valence-corrected chi connectivity index (χ3v) is 3.92. The van der Waals surface area contributed by atoms with Gasteiger partial charge in [0.05, 0.1) is 0 Å². The molecule has 21 heavy (non-hydrogen) atoms. The molecular formula is C16H23N3O2. The number of carbonyl (C=O) groups excluding carboxylic acids is 2. The summed E-state index contributed by atoms with van der Waals surface area (Å²) in [5.41, 5.74) is 4.23. The molecule has 0 unspecified atom stereocenters. The summed E-state index contributed by atoms with van der Waals surface area (Å²) in [5, 5.41) is 3.00. The summed E-state index contributed by atoms with van der Waals surface area (Å²) >= 11 is 0. The molecule has 0 radical (unpaired) electrons. The van der Waals surface area contributed by atoms with Crippen molar-refractivity contribution in [3.8, 4) is 0 Å². The molecule has 1 aliphatic heterocycles. The third-order valence-electron chi connectivity index (χ3n) is 3.92. The highest BCUT2D eigenvalue weighted by Crippen LogP contribution is 2.22. The van der Waals surface area contributed by atoms with Crippen molar-refractivity contribution in [3.63, 3.8) is 0 Å². The van der Waals surface area contributed by atoms with Gasteiger partial charge in [-0.1, -0.05) is 17.7 Å². The molecule has 0 bridgehead atoms. The Hall–Kier alpha value is -2.04. The van der Waals surface area contributed by atoms with Gasteiger partial charge in [-0.15, -0.1) is 0 Å². The molecule has 0 atom stereocenters. The lowest BCUT2D eigenvalue weighted by atomic mass is 10.1. The first kappa shape index (κ1) is 15.4. The van der Waals surface area contributed by atoms with E-state index in [9.17, 15) is 9.59 Å². The highest BCUT2D eigenvalue weighted by molar-refractivity contribution is 5.91. The summed E-state index contributed by atoms with van der Waals surface area (Å²) in [6.45, 7) is 9.99. The normalized spacial score (nSPS) is 15.0. The summed E-state index contributed by atoms with van der Waals surface area (Å²) in [6, 6.07) is 4.04. The van der Waals surface area contributed by atoms with E-state index in [0.717, 1.165) is 16.8 Å². The van der Waals surface area contributed by atoms with E-state index in [1.165, 1.54) is 5.56 Å². The van der Waals surface area contributed by atoms with Crippen molar-refractivity contribution in [3.05, 3.63) is 28.8 Å². The molecule has 5 nitrogen and oxygen atoms in total. The molecule has 5 heteroatoms. The van der Waals surface area contributed by atoms with Crippen LogP contribution in [0, 0.1) is 20.8 Å². The van der Waals surface area contributed by atoms with Crippen LogP contribution in [0.1, 0.15) is 23.6 Å². The lowest BCUT2D eigenvalue weighted by molar-refractivity contribution is -0.130. The first-order chi connectivity index (χ1) is 9.88. The first-order valence-corrected chi connectivity index (χ1v) is 7.28. The van der Waals surface area contributed by atoms with Gasteiger partial charge in [0.15, 0.2) is 0 Å². The largest absolute Gasteiger partial charge is 0.339 e. The van der Waals surface area contributed by atoms with E-state index in [-0.39, 0.29) is 11.9 Å². The average Bonchev–Trinajstić information content (AvgIpc) is 2.42. The lowest BCUT2D eigenvalue weighted by Crippen LogP contribution is -2.51. The minimum Gasteiger partial charge on any atom is -0.339 e. The second-order valence-corrected chi connectivity index (χ2v) is 5.70. The van der Waals surface area contributed by atoms with Crippen LogP contribution in [0.4, 0.5) is 10.5 Å². The van der Waals surface area contributed by atoms with Gasteiger partial charge >= 0.3 is 6.03 Å². The summed E-state index contributed by atoms with van der Waals surface area (Å²) in [6.07, 6.45) is 0. The SMILES string of the molecule is CC(=O)N1CCN(C(=O)Nc2c(C)cc(C)cc2C)CC1. The Labute approximate surface area is 125 Å². The van der Waals surface area contributed by atoms with Crippen LogP contribution in [-0.2, 0) is 4.79 Å². The van der Waals surface area contributed by atoms with Crippen molar-refractivity contribution < 1.29 is 9.59 Å². The third kappa shape index (κ3) is 3.54. The zero-order valence-electron chi connectivity index (χ0n) is 13.2. The Bertz CT molecular complexity index is 538. The monoisotopic (exact) mass is 289 g/mol. The molecule has 3 amide bonds. The van der Waals surface area contributed by atoms with Crippen LogP contribution in [-0.4, -0.2) is 47.9 Å². The number of carbonyl (C=O) groups is 2. The molecule has 1 aliphatic rings. The molecule has 1 aromatic carbocycles. The number of amides is 3. The summed E-state index contributed by atoms with van der Waals surface area (Å²) < 4.78 is 0. The van der Waals surface area contributed by atoms with Crippen LogP contribution in [0.5, 0.6) is 0 Å². The molecule has 0 aromatic heterocycles. The Morgan fingerprint density at radius 3 is 1.90 bits per heavy atom. The van der Waals surface area contributed by atoms with Gasteiger partial charge in [0.2, 0.25) is 5.91 Å². The molecule has 1 heterocycles. The molecule has 1 fully saturated rings. The maximum atomic E-state index is 12.3. The van der Waals surface area contributed by atoms with Crippen LogP contribution in [0.15, 0.2) is 12.1 Å². The van der Waals surface area contributed by atoms with Gasteiger partial charge in [-0.2, -0.15) is 0 Å². The molecule has 0 saturated carbocycles. The van der Waals surface area contributed by atoms with Crippen LogP contribution >= 0.6 is 0 Å². The zero-order valence-corrected chi connectivity index (χ0v) is 13.2. The Morgan fingerprint density at radius 2 is 1.43 bits per heavy atom. The van der Waals surface area contributed by atoms with E-state index in [4.69, 9.17) is 0 Å². The second kappa shape index (κ2) is 6.16. The number of aryl methyl sites for hydroxylation is 3. The standard InChI is InChI=1S/C16H23N3O2/c1-11-9-12(2)15(13(3)10-11)17-16(21)19-7-5-18(6-8-19)14(4)20/h9-10H,5-8H2,1-4H3,(H,17,21). The van der Waals surface area contributed by atoms with Crippen LogP contribution in [0.25, 0.3) is 0 Å². The number of piperazine rings is 1. The number of rotatable bonds is 1. The smallest absolute Gasteiger partial charge is 0.321 e. The number of nitrogens with one attached hydrogen (secondary N) is 1. The van der Waals surface area contributed by atoms with Gasteiger partial charge < -0.3 is 15.1 Å². The fourth-order valence-electron chi connectivity index (χ4n) is 2.79. The number of hydrogen-bond acceptors (Lipinski definition) is 2. The minimum absolute atomic E-state index is 0.0697. The van der Waals surface area contributed by atoms with Gasteiger partial charge in [0.25, 0.3) is 0 Å². The van der Waals surface area contributed by atoms with Gasteiger partial charge in [0.1, 0.15) is 0 Å². The van der Waals surface area contributed by atoms with Gasteiger partial charge in [-0.05, 0) is 31.9 Å². The van der Waals surface area contributed by atoms with Gasteiger partial charge in [0, 0.05) is 38.8 Å². The molecule has 114 valence electrons. The maximum Gasteiger partial charge on any atom is 0.321 e. The van der Waals surface area contributed by atoms with E-state index >= 15 is 0 Å². The zero-order chi connectivity index (χ0) is 15.6. The fraction of sp³-hybridized carbons (Fsp3) is 0.500. The molecule has 1 aromatic rings. The van der Waals surface area contributed by atoms with Crippen molar-refractivity contribution in [2.75, 3.05) is 31.5 Å².